The monoisotopic (exact) mass is 106 g/mol. The van der Waals surface area contributed by atoms with Crippen molar-refractivity contribution in [2.75, 3.05) is 0 Å². The summed E-state index contributed by atoms with van der Waals surface area (Å²) in [5.74, 6) is 0. The van der Waals surface area contributed by atoms with Gasteiger partial charge in [0.15, 0.2) is 0 Å². The van der Waals surface area contributed by atoms with Crippen LogP contribution in [0.1, 0.15) is 12.8 Å². The van der Waals surface area contributed by atoms with Gasteiger partial charge in [0.25, 0.3) is 0 Å². The zero-order valence-electron chi connectivity index (χ0n) is 4.63. The minimum absolute atomic E-state index is 0.816. The first-order chi connectivity index (χ1) is 3.93. The summed E-state index contributed by atoms with van der Waals surface area (Å²) in [4.78, 5) is 0. The van der Waals surface area contributed by atoms with Crippen LogP contribution in [-0.4, -0.2) is 7.15 Å². The van der Waals surface area contributed by atoms with E-state index in [4.69, 9.17) is 0 Å². The number of allylic oxidation sites excluding steroid dienone is 4. The first-order valence-electron chi connectivity index (χ1n) is 2.75. The fraction of sp³-hybridized carbons (Fsp3) is 0.333. The van der Waals surface area contributed by atoms with Crippen LogP contribution < -0.4 is 0 Å². The summed E-state index contributed by atoms with van der Waals surface area (Å²) in [5, 5.41) is 0. The molecule has 1 aliphatic rings. The number of hydrogen-bond donors (Lipinski definition) is 0. The molecule has 0 aromatic heterocycles. The van der Waals surface area contributed by atoms with E-state index < -0.39 is 0 Å². The van der Waals surface area contributed by atoms with Crippen LogP contribution in [0.4, 0.5) is 0 Å². The van der Waals surface area contributed by atoms with Crippen molar-refractivity contribution in [1.29, 1.82) is 0 Å². The van der Waals surface area contributed by atoms with E-state index in [9.17, 15) is 4.70 Å². The van der Waals surface area contributed by atoms with Gasteiger partial charge in [0.05, 0.1) is 0 Å². The van der Waals surface area contributed by atoms with Gasteiger partial charge in [-0.2, -0.15) is 0 Å². The van der Waals surface area contributed by atoms with E-state index in [0.717, 1.165) is 25.5 Å². The SMILES string of the molecule is O=BC1=CCCC=C1. The van der Waals surface area contributed by atoms with Crippen molar-refractivity contribution in [1.82, 2.24) is 0 Å². The molecule has 0 heterocycles. The van der Waals surface area contributed by atoms with Crippen LogP contribution in [0.15, 0.2) is 23.7 Å². The normalized spacial score (nSPS) is 17.2. The molecule has 0 saturated carbocycles. The zero-order chi connectivity index (χ0) is 5.82. The average molecular weight is 106 g/mol. The van der Waals surface area contributed by atoms with Crippen LogP contribution in [0.3, 0.4) is 0 Å². The molecule has 2 heteroatoms. The van der Waals surface area contributed by atoms with Crippen molar-refractivity contribution in [3.8, 4) is 0 Å². The summed E-state index contributed by atoms with van der Waals surface area (Å²) in [7, 11) is 0.885. The zero-order valence-corrected chi connectivity index (χ0v) is 4.63. The number of rotatable bonds is 1. The molecule has 0 aromatic carbocycles. The predicted octanol–water partition coefficient (Wildman–Crippen LogP) is 1.27. The quantitative estimate of drug-likeness (QED) is 0.460. The third-order valence-electron chi connectivity index (χ3n) is 1.16. The van der Waals surface area contributed by atoms with Crippen molar-refractivity contribution in [2.45, 2.75) is 12.8 Å². The van der Waals surface area contributed by atoms with E-state index in [1.807, 2.05) is 18.2 Å². The van der Waals surface area contributed by atoms with Crippen molar-refractivity contribution in [2.24, 2.45) is 0 Å². The van der Waals surface area contributed by atoms with Crippen LogP contribution in [0, 0.1) is 0 Å². The standard InChI is InChI=1S/C6H7BO/c8-7-6-4-2-1-3-5-6/h2,4-5H,1,3H2. The Kier molecular flexibility index (Phi) is 1.78. The molecule has 0 N–H and O–H groups in total. The molecule has 0 atom stereocenters. The van der Waals surface area contributed by atoms with E-state index in [0.29, 0.717) is 0 Å². The summed E-state index contributed by atoms with van der Waals surface area (Å²) in [5.41, 5.74) is 0.816. The molecule has 0 saturated heterocycles. The molecule has 1 aliphatic carbocycles. The molecule has 0 amide bonds. The van der Waals surface area contributed by atoms with Gasteiger partial charge in [-0.3, -0.25) is 0 Å². The molecule has 0 bridgehead atoms. The average Bonchev–Trinajstić information content (AvgIpc) is 1.90. The van der Waals surface area contributed by atoms with Gasteiger partial charge in [0.1, 0.15) is 0 Å². The minimum atomic E-state index is 0.816. The van der Waals surface area contributed by atoms with Crippen molar-refractivity contribution in [3.05, 3.63) is 23.7 Å². The van der Waals surface area contributed by atoms with Crippen LogP contribution >= 0.6 is 0 Å². The molecular formula is C6H7BO. The maximum absolute atomic E-state index is 10.0. The second kappa shape index (κ2) is 2.60. The van der Waals surface area contributed by atoms with Crippen molar-refractivity contribution in [3.63, 3.8) is 0 Å². The van der Waals surface area contributed by atoms with Gasteiger partial charge in [-0.15, -0.1) is 0 Å². The van der Waals surface area contributed by atoms with Gasteiger partial charge in [0, 0.05) is 0 Å². The number of hydrogen-bond acceptors (Lipinski definition) is 1. The van der Waals surface area contributed by atoms with Gasteiger partial charge >= 0.3 is 48.4 Å². The Morgan fingerprint density at radius 1 is 1.50 bits per heavy atom. The molecular weight excluding hydrogens is 98.9 g/mol. The van der Waals surface area contributed by atoms with Crippen molar-refractivity contribution >= 4 is 7.15 Å². The van der Waals surface area contributed by atoms with Crippen LogP contribution in [0.5, 0.6) is 0 Å². The third kappa shape index (κ3) is 1.16. The van der Waals surface area contributed by atoms with Crippen LogP contribution in [0.2, 0.25) is 0 Å². The molecule has 0 radical (unpaired) electrons. The van der Waals surface area contributed by atoms with E-state index in [1.165, 1.54) is 0 Å². The Morgan fingerprint density at radius 2 is 2.38 bits per heavy atom. The van der Waals surface area contributed by atoms with Gasteiger partial charge in [-0.05, 0) is 0 Å². The molecule has 0 aromatic rings. The van der Waals surface area contributed by atoms with E-state index in [1.54, 1.807) is 0 Å². The fourth-order valence-electron chi connectivity index (χ4n) is 0.721. The summed E-state index contributed by atoms with van der Waals surface area (Å²) < 4.78 is 10.0. The maximum atomic E-state index is 10.0. The van der Waals surface area contributed by atoms with Crippen LogP contribution in [-0.2, 0) is 4.70 Å². The van der Waals surface area contributed by atoms with Gasteiger partial charge in [0.2, 0.25) is 0 Å². The summed E-state index contributed by atoms with van der Waals surface area (Å²) in [6.07, 6.45) is 7.93. The van der Waals surface area contributed by atoms with Crippen molar-refractivity contribution < 1.29 is 4.70 Å². The van der Waals surface area contributed by atoms with E-state index in [-0.39, 0.29) is 0 Å². The molecule has 0 spiro atoms. The van der Waals surface area contributed by atoms with Gasteiger partial charge < -0.3 is 0 Å². The molecule has 0 aliphatic heterocycles. The van der Waals surface area contributed by atoms with Gasteiger partial charge in [-0.25, -0.2) is 0 Å². The first kappa shape index (κ1) is 5.48. The molecule has 1 rings (SSSR count). The molecule has 1 nitrogen and oxygen atoms in total. The molecule has 0 unspecified atom stereocenters. The van der Waals surface area contributed by atoms with E-state index >= 15 is 0 Å². The Hall–Kier alpha value is -0.655. The summed E-state index contributed by atoms with van der Waals surface area (Å²) in [6.45, 7) is 0. The molecule has 40 valence electrons. The first-order valence-corrected chi connectivity index (χ1v) is 2.75. The summed E-state index contributed by atoms with van der Waals surface area (Å²) in [6, 6.07) is 0. The molecule has 0 fully saturated rings. The second-order valence-corrected chi connectivity index (χ2v) is 1.80. The third-order valence-corrected chi connectivity index (χ3v) is 1.16. The fourth-order valence-corrected chi connectivity index (χ4v) is 0.721. The Bertz CT molecular complexity index is 147. The summed E-state index contributed by atoms with van der Waals surface area (Å²) >= 11 is 0. The Balaban J connectivity index is 2.64. The molecule has 8 heavy (non-hydrogen) atoms. The van der Waals surface area contributed by atoms with Crippen LogP contribution in [0.25, 0.3) is 0 Å². The Labute approximate surface area is 49.3 Å². The van der Waals surface area contributed by atoms with E-state index in [2.05, 4.69) is 0 Å². The second-order valence-electron chi connectivity index (χ2n) is 1.80. The Morgan fingerprint density at radius 3 is 2.75 bits per heavy atom. The van der Waals surface area contributed by atoms with Gasteiger partial charge in [-0.1, -0.05) is 0 Å². The topological polar surface area (TPSA) is 17.1 Å². The predicted molar refractivity (Wildman–Crippen MR) is 32.9 cm³/mol.